The van der Waals surface area contributed by atoms with Crippen molar-refractivity contribution in [2.75, 3.05) is 5.43 Å². The lowest BCUT2D eigenvalue weighted by Crippen LogP contribution is -2.06. The third-order valence-corrected chi connectivity index (χ3v) is 3.12. The van der Waals surface area contributed by atoms with E-state index in [0.717, 1.165) is 12.5 Å². The molecule has 1 heterocycles. The van der Waals surface area contributed by atoms with Crippen LogP contribution in [0, 0.1) is 0 Å². The van der Waals surface area contributed by atoms with E-state index in [9.17, 15) is 13.2 Å². The Labute approximate surface area is 130 Å². The van der Waals surface area contributed by atoms with E-state index in [4.69, 9.17) is 11.6 Å². The molecule has 0 aliphatic carbocycles. The quantitative estimate of drug-likeness (QED) is 0.633. The second kappa shape index (κ2) is 7.26. The minimum atomic E-state index is -4.46. The van der Waals surface area contributed by atoms with E-state index in [2.05, 4.69) is 15.5 Å². The molecule has 2 aromatic rings. The number of aryl methyl sites for hydroxylation is 1. The second-order valence-corrected chi connectivity index (χ2v) is 4.91. The Morgan fingerprint density at radius 2 is 1.95 bits per heavy atom. The largest absolute Gasteiger partial charge is 0.417 e. The summed E-state index contributed by atoms with van der Waals surface area (Å²) in [5, 5.41) is 3.78. The van der Waals surface area contributed by atoms with Crippen LogP contribution in [-0.4, -0.2) is 11.2 Å². The third-order valence-electron chi connectivity index (χ3n) is 2.84. The smallest absolute Gasteiger partial charge is 0.260 e. The molecule has 3 nitrogen and oxygen atoms in total. The molecule has 116 valence electrons. The molecule has 0 bridgehead atoms. The first kappa shape index (κ1) is 16.3. The van der Waals surface area contributed by atoms with Crippen molar-refractivity contribution in [3.63, 3.8) is 0 Å². The van der Waals surface area contributed by atoms with E-state index >= 15 is 0 Å². The number of benzene rings is 1. The number of hydrogen-bond acceptors (Lipinski definition) is 3. The second-order valence-electron chi connectivity index (χ2n) is 4.50. The number of rotatable bonds is 5. The van der Waals surface area contributed by atoms with Gasteiger partial charge in [-0.15, -0.1) is 0 Å². The molecular formula is C15H13ClF3N3. The van der Waals surface area contributed by atoms with Crippen LogP contribution in [-0.2, 0) is 12.6 Å². The zero-order valence-electron chi connectivity index (χ0n) is 11.4. The van der Waals surface area contributed by atoms with Crippen molar-refractivity contribution in [1.82, 2.24) is 4.98 Å². The zero-order valence-corrected chi connectivity index (χ0v) is 12.2. The highest BCUT2D eigenvalue weighted by Gasteiger charge is 2.31. The molecule has 1 aromatic carbocycles. The van der Waals surface area contributed by atoms with Gasteiger partial charge in [-0.25, -0.2) is 4.98 Å². The first-order valence-electron chi connectivity index (χ1n) is 6.51. The topological polar surface area (TPSA) is 37.3 Å². The molecule has 7 heteroatoms. The van der Waals surface area contributed by atoms with Gasteiger partial charge in [-0.2, -0.15) is 18.3 Å². The van der Waals surface area contributed by atoms with Crippen molar-refractivity contribution in [1.29, 1.82) is 0 Å². The van der Waals surface area contributed by atoms with Crippen molar-refractivity contribution in [2.45, 2.75) is 19.0 Å². The van der Waals surface area contributed by atoms with E-state index in [0.29, 0.717) is 12.6 Å². The molecular weight excluding hydrogens is 315 g/mol. The van der Waals surface area contributed by atoms with E-state index in [1.54, 1.807) is 6.21 Å². The van der Waals surface area contributed by atoms with Gasteiger partial charge in [0.15, 0.2) is 5.82 Å². The van der Waals surface area contributed by atoms with Crippen molar-refractivity contribution < 1.29 is 13.2 Å². The van der Waals surface area contributed by atoms with E-state index in [-0.39, 0.29) is 10.8 Å². The maximum absolute atomic E-state index is 12.5. The average molecular weight is 328 g/mol. The molecule has 0 saturated carbocycles. The molecule has 0 spiro atoms. The summed E-state index contributed by atoms with van der Waals surface area (Å²) in [6.07, 6.45) is -0.611. The Morgan fingerprint density at radius 1 is 1.23 bits per heavy atom. The zero-order chi connectivity index (χ0) is 16.0. The molecule has 0 amide bonds. The van der Waals surface area contributed by atoms with Crippen molar-refractivity contribution in [3.8, 4) is 0 Å². The summed E-state index contributed by atoms with van der Waals surface area (Å²) in [5.41, 5.74) is 2.82. The highest BCUT2D eigenvalue weighted by atomic mass is 35.5. The van der Waals surface area contributed by atoms with Gasteiger partial charge in [0.2, 0.25) is 0 Å². The van der Waals surface area contributed by atoms with Crippen LogP contribution in [0.2, 0.25) is 5.02 Å². The molecule has 22 heavy (non-hydrogen) atoms. The molecule has 0 aliphatic rings. The standard InChI is InChI=1S/C15H13ClF3N3/c16-13-9-12(15(17,18)19)10-20-14(13)22-21-8-4-7-11-5-2-1-3-6-11/h1-3,5-6,8-10H,4,7H2,(H,20,22)/b21-8-. The lowest BCUT2D eigenvalue weighted by atomic mass is 10.1. The molecule has 0 unspecified atom stereocenters. The molecule has 0 atom stereocenters. The lowest BCUT2D eigenvalue weighted by Gasteiger charge is -2.08. The number of hydrazone groups is 1. The summed E-state index contributed by atoms with van der Waals surface area (Å²) < 4.78 is 37.4. The van der Waals surface area contributed by atoms with Crippen LogP contribution >= 0.6 is 11.6 Å². The maximum Gasteiger partial charge on any atom is 0.417 e. The average Bonchev–Trinajstić information content (AvgIpc) is 2.48. The number of hydrogen-bond donors (Lipinski definition) is 1. The molecule has 0 saturated heterocycles. The van der Waals surface area contributed by atoms with Crippen molar-refractivity contribution >= 4 is 23.6 Å². The van der Waals surface area contributed by atoms with Crippen LogP contribution in [0.15, 0.2) is 47.7 Å². The Hall–Kier alpha value is -2.08. The Balaban J connectivity index is 1.87. The summed E-state index contributed by atoms with van der Waals surface area (Å²) in [7, 11) is 0. The Kier molecular flexibility index (Phi) is 5.38. The van der Waals surface area contributed by atoms with Crippen LogP contribution in [0.3, 0.4) is 0 Å². The summed E-state index contributed by atoms with van der Waals surface area (Å²) in [6, 6.07) is 10.7. The molecule has 0 fully saturated rings. The van der Waals surface area contributed by atoms with Gasteiger partial charge in [0.05, 0.1) is 10.6 Å². The molecule has 2 rings (SSSR count). The predicted octanol–water partition coefficient (Wildman–Crippen LogP) is 4.78. The van der Waals surface area contributed by atoms with Gasteiger partial charge >= 0.3 is 6.18 Å². The number of nitrogens with one attached hydrogen (secondary N) is 1. The number of anilines is 1. The lowest BCUT2D eigenvalue weighted by molar-refractivity contribution is -0.137. The highest BCUT2D eigenvalue weighted by molar-refractivity contribution is 6.32. The molecule has 1 N–H and O–H groups in total. The molecule has 1 aromatic heterocycles. The van der Waals surface area contributed by atoms with Gasteiger partial charge in [-0.3, -0.25) is 5.43 Å². The van der Waals surface area contributed by atoms with Gasteiger partial charge in [0.25, 0.3) is 0 Å². The van der Waals surface area contributed by atoms with Gasteiger partial charge in [-0.05, 0) is 24.5 Å². The van der Waals surface area contributed by atoms with Crippen LogP contribution in [0.25, 0.3) is 0 Å². The van der Waals surface area contributed by atoms with Crippen LogP contribution in [0.4, 0.5) is 19.0 Å². The Bertz CT molecular complexity index is 642. The number of alkyl halides is 3. The monoisotopic (exact) mass is 327 g/mol. The fourth-order valence-corrected chi connectivity index (χ4v) is 1.93. The van der Waals surface area contributed by atoms with Gasteiger partial charge in [-0.1, -0.05) is 41.9 Å². The van der Waals surface area contributed by atoms with Gasteiger partial charge in [0, 0.05) is 12.4 Å². The fourth-order valence-electron chi connectivity index (χ4n) is 1.72. The van der Waals surface area contributed by atoms with Crippen molar-refractivity contribution in [2.24, 2.45) is 5.10 Å². The normalized spacial score (nSPS) is 11.8. The van der Waals surface area contributed by atoms with E-state index in [1.807, 2.05) is 30.3 Å². The van der Waals surface area contributed by atoms with Crippen LogP contribution in [0.1, 0.15) is 17.5 Å². The minimum Gasteiger partial charge on any atom is -0.260 e. The predicted molar refractivity (Wildman–Crippen MR) is 81.1 cm³/mol. The van der Waals surface area contributed by atoms with Gasteiger partial charge in [0.1, 0.15) is 0 Å². The molecule has 0 aliphatic heterocycles. The van der Waals surface area contributed by atoms with Crippen molar-refractivity contribution in [3.05, 3.63) is 58.7 Å². The summed E-state index contributed by atoms with van der Waals surface area (Å²) in [4.78, 5) is 3.62. The Morgan fingerprint density at radius 3 is 2.59 bits per heavy atom. The van der Waals surface area contributed by atoms with E-state index in [1.165, 1.54) is 5.56 Å². The number of aromatic nitrogens is 1. The van der Waals surface area contributed by atoms with Crippen LogP contribution in [0.5, 0.6) is 0 Å². The van der Waals surface area contributed by atoms with Crippen LogP contribution < -0.4 is 5.43 Å². The number of halogens is 4. The first-order valence-corrected chi connectivity index (χ1v) is 6.89. The SMILES string of the molecule is FC(F)(F)c1cnc(N/N=C\CCc2ccccc2)c(Cl)c1. The third kappa shape index (κ3) is 4.73. The fraction of sp³-hybridized carbons (Fsp3) is 0.200. The highest BCUT2D eigenvalue weighted by Crippen LogP contribution is 2.32. The summed E-state index contributed by atoms with van der Waals surface area (Å²) in [5.74, 6) is 0.0885. The number of nitrogens with zero attached hydrogens (tertiary/aromatic N) is 2. The van der Waals surface area contributed by atoms with Gasteiger partial charge < -0.3 is 0 Å². The summed E-state index contributed by atoms with van der Waals surface area (Å²) >= 11 is 5.75. The summed E-state index contributed by atoms with van der Waals surface area (Å²) in [6.45, 7) is 0. The maximum atomic E-state index is 12.5. The number of pyridine rings is 1. The molecule has 0 radical (unpaired) electrons. The minimum absolute atomic E-state index is 0.0885. The first-order chi connectivity index (χ1) is 10.5. The van der Waals surface area contributed by atoms with E-state index < -0.39 is 11.7 Å².